The summed E-state index contributed by atoms with van der Waals surface area (Å²) in [4.78, 5) is 21.2. The van der Waals surface area contributed by atoms with E-state index in [1.54, 1.807) is 17.5 Å². The van der Waals surface area contributed by atoms with Gasteiger partial charge in [0.25, 0.3) is 5.91 Å². The summed E-state index contributed by atoms with van der Waals surface area (Å²) in [5.74, 6) is 0.123. The molecule has 0 aliphatic carbocycles. The number of carbonyl (C=O) groups is 1. The summed E-state index contributed by atoms with van der Waals surface area (Å²) in [5.41, 5.74) is 1.65. The summed E-state index contributed by atoms with van der Waals surface area (Å²) in [7, 11) is 0. The van der Waals surface area contributed by atoms with Gasteiger partial charge in [0.1, 0.15) is 5.60 Å². The lowest BCUT2D eigenvalue weighted by Gasteiger charge is -2.48. The molecule has 1 atom stereocenters. The molecular formula is C18H21N3O2S. The highest BCUT2D eigenvalue weighted by atomic mass is 32.1. The van der Waals surface area contributed by atoms with Crippen molar-refractivity contribution in [2.24, 2.45) is 0 Å². The van der Waals surface area contributed by atoms with Gasteiger partial charge in [0.2, 0.25) is 0 Å². The molecule has 24 heavy (non-hydrogen) atoms. The van der Waals surface area contributed by atoms with Gasteiger partial charge in [0.05, 0.1) is 30.6 Å². The van der Waals surface area contributed by atoms with Crippen molar-refractivity contribution in [3.63, 3.8) is 0 Å². The number of ether oxygens (including phenoxy) is 1. The predicted molar refractivity (Wildman–Crippen MR) is 94.6 cm³/mol. The van der Waals surface area contributed by atoms with Crippen molar-refractivity contribution < 1.29 is 9.53 Å². The number of hydrogen-bond acceptors (Lipinski definition) is 5. The Morgan fingerprint density at radius 2 is 2.25 bits per heavy atom. The Morgan fingerprint density at radius 3 is 3.04 bits per heavy atom. The van der Waals surface area contributed by atoms with Crippen molar-refractivity contribution in [1.29, 1.82) is 0 Å². The van der Waals surface area contributed by atoms with Crippen molar-refractivity contribution in [2.45, 2.75) is 18.4 Å². The fourth-order valence-electron chi connectivity index (χ4n) is 3.69. The molecule has 6 heteroatoms. The normalized spacial score (nSPS) is 24.3. The van der Waals surface area contributed by atoms with Gasteiger partial charge in [-0.3, -0.25) is 9.78 Å². The van der Waals surface area contributed by atoms with E-state index in [4.69, 9.17) is 4.74 Å². The van der Waals surface area contributed by atoms with Crippen LogP contribution in [0.15, 0.2) is 41.4 Å². The van der Waals surface area contributed by atoms with Crippen LogP contribution in [-0.4, -0.2) is 54.2 Å². The standard InChI is InChI=1S/C18H21N3O2S/c22-17(15-4-10-24-12-15)21-8-9-23-18(14-21)5-2-7-20(13-18)16-3-1-6-19-11-16/h1,3-4,6,10-12H,2,5,7-9,13-14H2/t18-/m1/s1. The Morgan fingerprint density at radius 1 is 1.29 bits per heavy atom. The van der Waals surface area contributed by atoms with E-state index in [2.05, 4.69) is 16.0 Å². The number of hydrogen-bond donors (Lipinski definition) is 0. The van der Waals surface area contributed by atoms with Crippen molar-refractivity contribution >= 4 is 22.9 Å². The number of rotatable bonds is 2. The Bertz CT molecular complexity index is 688. The van der Waals surface area contributed by atoms with Gasteiger partial charge in [-0.1, -0.05) is 0 Å². The summed E-state index contributed by atoms with van der Waals surface area (Å²) >= 11 is 1.56. The first-order valence-corrected chi connectivity index (χ1v) is 9.31. The van der Waals surface area contributed by atoms with Crippen LogP contribution in [-0.2, 0) is 4.74 Å². The van der Waals surface area contributed by atoms with Gasteiger partial charge in [-0.25, -0.2) is 0 Å². The van der Waals surface area contributed by atoms with Crippen LogP contribution in [0.25, 0.3) is 0 Å². The largest absolute Gasteiger partial charge is 0.369 e. The van der Waals surface area contributed by atoms with Crippen LogP contribution in [0, 0.1) is 0 Å². The quantitative estimate of drug-likeness (QED) is 0.841. The average molecular weight is 343 g/mol. The van der Waals surface area contributed by atoms with Crippen molar-refractivity contribution in [1.82, 2.24) is 9.88 Å². The Hall–Kier alpha value is -1.92. The van der Waals surface area contributed by atoms with Crippen molar-refractivity contribution in [3.8, 4) is 0 Å². The maximum Gasteiger partial charge on any atom is 0.254 e. The molecule has 4 rings (SSSR count). The van der Waals surface area contributed by atoms with E-state index in [0.29, 0.717) is 19.7 Å². The summed E-state index contributed by atoms with van der Waals surface area (Å²) < 4.78 is 6.20. The highest BCUT2D eigenvalue weighted by Gasteiger charge is 2.42. The van der Waals surface area contributed by atoms with E-state index >= 15 is 0 Å². The second kappa shape index (κ2) is 6.53. The number of piperidine rings is 1. The highest BCUT2D eigenvalue weighted by molar-refractivity contribution is 7.08. The molecule has 0 aromatic carbocycles. The van der Waals surface area contributed by atoms with E-state index in [-0.39, 0.29) is 11.5 Å². The summed E-state index contributed by atoms with van der Waals surface area (Å²) in [5, 5.41) is 3.88. The third kappa shape index (κ3) is 3.03. The third-order valence-electron chi connectivity index (χ3n) is 4.85. The molecule has 2 aliphatic rings. The Labute approximate surface area is 145 Å². The zero-order valence-electron chi connectivity index (χ0n) is 13.6. The van der Waals surface area contributed by atoms with Gasteiger partial charge in [-0.2, -0.15) is 11.3 Å². The summed E-state index contributed by atoms with van der Waals surface area (Å²) in [6.45, 7) is 3.76. The van der Waals surface area contributed by atoms with E-state index in [0.717, 1.165) is 37.2 Å². The molecule has 2 saturated heterocycles. The minimum atomic E-state index is -0.266. The molecular weight excluding hydrogens is 322 g/mol. The monoisotopic (exact) mass is 343 g/mol. The van der Waals surface area contributed by atoms with Crippen LogP contribution in [0.5, 0.6) is 0 Å². The van der Waals surface area contributed by atoms with Crippen LogP contribution in [0.3, 0.4) is 0 Å². The molecule has 2 aromatic rings. The molecule has 0 bridgehead atoms. The molecule has 2 aromatic heterocycles. The smallest absolute Gasteiger partial charge is 0.254 e. The fourth-order valence-corrected chi connectivity index (χ4v) is 4.32. The minimum absolute atomic E-state index is 0.123. The molecule has 1 spiro atoms. The molecule has 0 saturated carbocycles. The number of morpholine rings is 1. The minimum Gasteiger partial charge on any atom is -0.369 e. The maximum absolute atomic E-state index is 12.7. The van der Waals surface area contributed by atoms with Crippen LogP contribution < -0.4 is 4.90 Å². The second-order valence-electron chi connectivity index (χ2n) is 6.51. The number of pyridine rings is 1. The lowest BCUT2D eigenvalue weighted by Crippen LogP contribution is -2.60. The predicted octanol–water partition coefficient (Wildman–Crippen LogP) is 2.65. The van der Waals surface area contributed by atoms with Crippen LogP contribution in [0.4, 0.5) is 5.69 Å². The first kappa shape index (κ1) is 15.6. The zero-order valence-corrected chi connectivity index (χ0v) is 14.4. The molecule has 0 unspecified atom stereocenters. The van der Waals surface area contributed by atoms with E-state index in [9.17, 15) is 4.79 Å². The molecule has 0 radical (unpaired) electrons. The van der Waals surface area contributed by atoms with Gasteiger partial charge in [0, 0.05) is 31.2 Å². The van der Waals surface area contributed by atoms with Crippen LogP contribution in [0.2, 0.25) is 0 Å². The fraction of sp³-hybridized carbons (Fsp3) is 0.444. The maximum atomic E-state index is 12.7. The van der Waals surface area contributed by atoms with E-state index in [1.807, 2.05) is 34.0 Å². The van der Waals surface area contributed by atoms with Gasteiger partial charge < -0.3 is 14.5 Å². The molecule has 2 fully saturated rings. The van der Waals surface area contributed by atoms with Crippen molar-refractivity contribution in [2.75, 3.05) is 37.7 Å². The number of aromatic nitrogens is 1. The lowest BCUT2D eigenvalue weighted by molar-refractivity contribution is -0.105. The zero-order chi connectivity index (χ0) is 16.4. The SMILES string of the molecule is O=C(c1ccsc1)N1CCO[C@@]2(CCCN(c3cccnc3)C2)C1. The Kier molecular flexibility index (Phi) is 4.24. The summed E-state index contributed by atoms with van der Waals surface area (Å²) in [6, 6.07) is 5.95. The van der Waals surface area contributed by atoms with Gasteiger partial charge >= 0.3 is 0 Å². The average Bonchev–Trinajstić information content (AvgIpc) is 3.17. The van der Waals surface area contributed by atoms with Gasteiger partial charge in [-0.15, -0.1) is 0 Å². The lowest BCUT2D eigenvalue weighted by atomic mass is 9.90. The number of carbonyl (C=O) groups excluding carboxylic acids is 1. The molecule has 0 N–H and O–H groups in total. The summed E-state index contributed by atoms with van der Waals surface area (Å²) in [6.07, 6.45) is 5.75. The van der Waals surface area contributed by atoms with Crippen LogP contribution in [0.1, 0.15) is 23.2 Å². The number of amides is 1. The highest BCUT2D eigenvalue weighted by Crippen LogP contribution is 2.32. The molecule has 2 aliphatic heterocycles. The number of anilines is 1. The number of nitrogens with zero attached hydrogens (tertiary/aromatic N) is 3. The topological polar surface area (TPSA) is 45.7 Å². The van der Waals surface area contributed by atoms with Gasteiger partial charge in [-0.05, 0) is 36.4 Å². The first-order valence-electron chi connectivity index (χ1n) is 8.36. The van der Waals surface area contributed by atoms with Crippen LogP contribution >= 0.6 is 11.3 Å². The van der Waals surface area contributed by atoms with Gasteiger partial charge in [0.15, 0.2) is 0 Å². The first-order chi connectivity index (χ1) is 11.8. The van der Waals surface area contributed by atoms with E-state index < -0.39 is 0 Å². The number of thiophene rings is 1. The Balaban J connectivity index is 1.50. The second-order valence-corrected chi connectivity index (χ2v) is 7.29. The molecule has 126 valence electrons. The third-order valence-corrected chi connectivity index (χ3v) is 5.54. The van der Waals surface area contributed by atoms with Crippen molar-refractivity contribution in [3.05, 3.63) is 46.9 Å². The molecule has 1 amide bonds. The molecule has 5 nitrogen and oxygen atoms in total. The molecule has 4 heterocycles. The van der Waals surface area contributed by atoms with E-state index in [1.165, 1.54) is 0 Å².